The highest BCUT2D eigenvalue weighted by atomic mass is 35.5. The van der Waals surface area contributed by atoms with Crippen molar-refractivity contribution in [3.05, 3.63) is 35.4 Å². The smallest absolute Gasteiger partial charge is 0.223 e. The van der Waals surface area contributed by atoms with E-state index in [1.165, 1.54) is 17.5 Å². The van der Waals surface area contributed by atoms with Crippen LogP contribution in [0.4, 0.5) is 0 Å². The van der Waals surface area contributed by atoms with E-state index in [-0.39, 0.29) is 29.9 Å². The highest BCUT2D eigenvalue weighted by molar-refractivity contribution is 5.85. The third-order valence-electron chi connectivity index (χ3n) is 5.89. The van der Waals surface area contributed by atoms with Gasteiger partial charge in [0, 0.05) is 19.0 Å². The number of amides is 1. The second kappa shape index (κ2) is 8.09. The van der Waals surface area contributed by atoms with Gasteiger partial charge in [0.1, 0.15) is 0 Å². The Morgan fingerprint density at radius 2 is 1.80 bits per heavy atom. The number of benzene rings is 1. The van der Waals surface area contributed by atoms with Crippen molar-refractivity contribution in [3.8, 4) is 0 Å². The van der Waals surface area contributed by atoms with Crippen molar-refractivity contribution < 1.29 is 4.79 Å². The molecule has 1 aromatic rings. The maximum Gasteiger partial charge on any atom is 0.223 e. The highest BCUT2D eigenvalue weighted by Gasteiger charge is 2.33. The van der Waals surface area contributed by atoms with E-state index < -0.39 is 0 Å². The lowest BCUT2D eigenvalue weighted by Crippen LogP contribution is -2.35. The molecule has 3 atom stereocenters. The van der Waals surface area contributed by atoms with E-state index in [1.54, 1.807) is 0 Å². The summed E-state index contributed by atoms with van der Waals surface area (Å²) >= 11 is 0. The fraction of sp³-hybridized carbons (Fsp3) is 0.667. The Balaban J connectivity index is 0.00000225. The minimum atomic E-state index is 0. The van der Waals surface area contributed by atoms with Crippen molar-refractivity contribution in [2.24, 2.45) is 11.7 Å². The summed E-state index contributed by atoms with van der Waals surface area (Å²) in [4.78, 5) is 14.9. The minimum Gasteiger partial charge on any atom is -0.336 e. The number of hydrogen-bond donors (Lipinski definition) is 1. The van der Waals surface area contributed by atoms with Crippen LogP contribution in [0.5, 0.6) is 0 Å². The summed E-state index contributed by atoms with van der Waals surface area (Å²) in [7, 11) is 0. The van der Waals surface area contributed by atoms with E-state index in [0.29, 0.717) is 18.2 Å². The number of nitrogens with zero attached hydrogens (tertiary/aromatic N) is 1. The van der Waals surface area contributed by atoms with Crippen LogP contribution in [0, 0.1) is 5.92 Å². The number of rotatable bonds is 3. The lowest BCUT2D eigenvalue weighted by molar-refractivity contribution is -0.133. The molecule has 0 spiro atoms. The van der Waals surface area contributed by atoms with Crippen LogP contribution in [0.3, 0.4) is 0 Å². The van der Waals surface area contributed by atoms with E-state index >= 15 is 0 Å². The quantitative estimate of drug-likeness (QED) is 0.852. The van der Waals surface area contributed by atoms with Crippen LogP contribution in [-0.4, -0.2) is 23.4 Å². The summed E-state index contributed by atoms with van der Waals surface area (Å²) in [5, 5.41) is 0. The summed E-state index contributed by atoms with van der Waals surface area (Å²) in [5.41, 5.74) is 8.96. The van der Waals surface area contributed by atoms with Gasteiger partial charge in [-0.15, -0.1) is 12.4 Å². The first-order valence-corrected chi connectivity index (χ1v) is 9.52. The largest absolute Gasteiger partial charge is 0.336 e. The average molecular weight is 365 g/mol. The van der Waals surface area contributed by atoms with E-state index in [4.69, 9.17) is 5.73 Å². The standard InChI is InChI=1S/C21H32N2O.ClH/c1-21(2,3)17-11-9-15(10-12-17)19-8-5-13-23(19)20(24)14-16-6-4-7-18(16)22;/h9-12,16,18-19H,4-8,13-14,22H2,1-3H3;1H/t16-,18+,19?;/m0./s1. The molecule has 0 bridgehead atoms. The van der Waals surface area contributed by atoms with E-state index in [2.05, 4.69) is 49.9 Å². The van der Waals surface area contributed by atoms with Gasteiger partial charge in [-0.3, -0.25) is 4.79 Å². The zero-order chi connectivity index (χ0) is 17.3. The number of halogens is 1. The second-order valence-electron chi connectivity index (χ2n) is 8.68. The minimum absolute atomic E-state index is 0. The summed E-state index contributed by atoms with van der Waals surface area (Å²) in [5.74, 6) is 0.696. The zero-order valence-corrected chi connectivity index (χ0v) is 16.6. The number of carbonyl (C=O) groups excluding carboxylic acids is 1. The normalized spacial score (nSPS) is 26.6. The molecule has 1 aromatic carbocycles. The van der Waals surface area contributed by atoms with Gasteiger partial charge in [0.05, 0.1) is 6.04 Å². The lowest BCUT2D eigenvalue weighted by atomic mass is 9.86. The number of carbonyl (C=O) groups is 1. The first-order chi connectivity index (χ1) is 11.4. The fourth-order valence-electron chi connectivity index (χ4n) is 4.28. The van der Waals surface area contributed by atoms with Crippen molar-refractivity contribution >= 4 is 18.3 Å². The first kappa shape index (κ1) is 20.3. The molecular formula is C21H33ClN2O. The van der Waals surface area contributed by atoms with E-state index in [1.807, 2.05) is 0 Å². The molecule has 25 heavy (non-hydrogen) atoms. The molecule has 2 fully saturated rings. The average Bonchev–Trinajstić information content (AvgIpc) is 3.16. The maximum atomic E-state index is 12.8. The highest BCUT2D eigenvalue weighted by Crippen LogP contribution is 2.35. The van der Waals surface area contributed by atoms with Gasteiger partial charge >= 0.3 is 0 Å². The topological polar surface area (TPSA) is 46.3 Å². The molecule has 1 saturated carbocycles. The third kappa shape index (κ3) is 4.57. The second-order valence-corrected chi connectivity index (χ2v) is 8.68. The predicted molar refractivity (Wildman–Crippen MR) is 106 cm³/mol. The molecule has 1 heterocycles. The Morgan fingerprint density at radius 3 is 2.36 bits per heavy atom. The number of likely N-dealkylation sites (tertiary alicyclic amines) is 1. The van der Waals surface area contributed by atoms with Gasteiger partial charge in [0.2, 0.25) is 5.91 Å². The summed E-state index contributed by atoms with van der Waals surface area (Å²) in [6.07, 6.45) is 6.20. The Bertz CT molecular complexity index is 579. The number of hydrogen-bond acceptors (Lipinski definition) is 2. The molecule has 1 aliphatic heterocycles. The monoisotopic (exact) mass is 364 g/mol. The summed E-state index contributed by atoms with van der Waals surface area (Å²) < 4.78 is 0. The molecule has 3 rings (SSSR count). The van der Waals surface area contributed by atoms with Crippen molar-refractivity contribution in [2.75, 3.05) is 6.54 Å². The van der Waals surface area contributed by atoms with Crippen molar-refractivity contribution in [2.45, 2.75) is 76.8 Å². The van der Waals surface area contributed by atoms with Crippen LogP contribution in [0.25, 0.3) is 0 Å². The number of nitrogens with two attached hydrogens (primary N) is 1. The van der Waals surface area contributed by atoms with Crippen LogP contribution in [0.1, 0.15) is 76.5 Å². The molecule has 4 heteroatoms. The van der Waals surface area contributed by atoms with Gasteiger partial charge in [-0.1, -0.05) is 51.5 Å². The molecule has 3 nitrogen and oxygen atoms in total. The molecule has 0 aromatic heterocycles. The van der Waals surface area contributed by atoms with Crippen molar-refractivity contribution in [1.29, 1.82) is 0 Å². The molecule has 2 aliphatic rings. The third-order valence-corrected chi connectivity index (χ3v) is 5.89. The zero-order valence-electron chi connectivity index (χ0n) is 15.8. The van der Waals surface area contributed by atoms with Crippen LogP contribution >= 0.6 is 12.4 Å². The van der Waals surface area contributed by atoms with Gasteiger partial charge < -0.3 is 10.6 Å². The van der Waals surface area contributed by atoms with Gasteiger partial charge in [-0.25, -0.2) is 0 Å². The van der Waals surface area contributed by atoms with Gasteiger partial charge in [-0.2, -0.15) is 0 Å². The van der Waals surface area contributed by atoms with E-state index in [0.717, 1.165) is 32.2 Å². The molecule has 2 N–H and O–H groups in total. The van der Waals surface area contributed by atoms with Crippen molar-refractivity contribution in [1.82, 2.24) is 4.90 Å². The van der Waals surface area contributed by atoms with Gasteiger partial charge in [0.15, 0.2) is 0 Å². The maximum absolute atomic E-state index is 12.8. The molecular weight excluding hydrogens is 332 g/mol. The Morgan fingerprint density at radius 1 is 1.12 bits per heavy atom. The molecule has 1 amide bonds. The Labute approximate surface area is 158 Å². The molecule has 140 valence electrons. The Hall–Kier alpha value is -1.06. The van der Waals surface area contributed by atoms with Crippen LogP contribution < -0.4 is 5.73 Å². The van der Waals surface area contributed by atoms with E-state index in [9.17, 15) is 4.79 Å². The molecule has 1 unspecified atom stereocenters. The van der Waals surface area contributed by atoms with Gasteiger partial charge in [0.25, 0.3) is 0 Å². The van der Waals surface area contributed by atoms with Crippen molar-refractivity contribution in [3.63, 3.8) is 0 Å². The first-order valence-electron chi connectivity index (χ1n) is 9.52. The summed E-state index contributed by atoms with van der Waals surface area (Å²) in [6.45, 7) is 7.60. The van der Waals surface area contributed by atoms with Gasteiger partial charge in [-0.05, 0) is 48.1 Å². The lowest BCUT2D eigenvalue weighted by Gasteiger charge is -2.28. The molecule has 1 aliphatic carbocycles. The fourth-order valence-corrected chi connectivity index (χ4v) is 4.28. The van der Waals surface area contributed by atoms with Crippen LogP contribution in [0.2, 0.25) is 0 Å². The van der Waals surface area contributed by atoms with Crippen LogP contribution in [-0.2, 0) is 10.2 Å². The predicted octanol–water partition coefficient (Wildman–Crippen LogP) is 4.59. The summed E-state index contributed by atoms with van der Waals surface area (Å²) in [6, 6.07) is 9.37. The molecule has 0 radical (unpaired) electrons. The molecule has 1 saturated heterocycles. The Kier molecular flexibility index (Phi) is 6.56. The SMILES string of the molecule is CC(C)(C)c1ccc(C2CCCN2C(=O)C[C@@H]2CCC[C@H]2N)cc1.Cl. The van der Waals surface area contributed by atoms with Crippen LogP contribution in [0.15, 0.2) is 24.3 Å².